The Labute approximate surface area is 125 Å². The van der Waals surface area contributed by atoms with Gasteiger partial charge in [0, 0.05) is 0 Å². The second kappa shape index (κ2) is 5.76. The van der Waals surface area contributed by atoms with Gasteiger partial charge in [-0.05, 0) is 25.5 Å². The van der Waals surface area contributed by atoms with Gasteiger partial charge in [0.2, 0.25) is 5.69 Å². The Morgan fingerprint density at radius 2 is 2.00 bits per heavy atom. The number of nitrogens with two attached hydrogens (primary N) is 2. The number of nitrogens with zero attached hydrogens (tertiary/aromatic N) is 2. The molecule has 0 saturated carbocycles. The third-order valence-electron chi connectivity index (χ3n) is 3.05. The van der Waals surface area contributed by atoms with Gasteiger partial charge in [-0.25, -0.2) is 14.6 Å². The van der Waals surface area contributed by atoms with Crippen molar-refractivity contribution in [3.8, 4) is 0 Å². The molecule has 8 heteroatoms. The molecule has 2 aromatic rings. The molecule has 0 spiro atoms. The molecule has 1 amide bonds. The van der Waals surface area contributed by atoms with E-state index in [2.05, 4.69) is 4.98 Å². The minimum absolute atomic E-state index is 0.0375. The van der Waals surface area contributed by atoms with Crippen molar-refractivity contribution in [3.05, 3.63) is 29.5 Å². The van der Waals surface area contributed by atoms with Crippen LogP contribution >= 0.6 is 0 Å². The molecule has 1 heterocycles. The summed E-state index contributed by atoms with van der Waals surface area (Å²) in [4.78, 5) is 39.6. The largest absolute Gasteiger partial charge is 0.457 e. The van der Waals surface area contributed by atoms with E-state index in [1.165, 1.54) is 0 Å². The molecule has 0 radical (unpaired) electrons. The van der Waals surface area contributed by atoms with Crippen molar-refractivity contribution < 1.29 is 23.7 Å². The lowest BCUT2D eigenvalue weighted by molar-refractivity contribution is -0.526. The predicted molar refractivity (Wildman–Crippen MR) is 76.9 cm³/mol. The number of fused-ring (bicyclic) bond motifs is 1. The lowest BCUT2D eigenvalue weighted by Crippen LogP contribution is -2.51. The van der Waals surface area contributed by atoms with Crippen LogP contribution in [0.25, 0.3) is 11.0 Å². The number of anilines is 1. The maximum absolute atomic E-state index is 12.3. The summed E-state index contributed by atoms with van der Waals surface area (Å²) in [5.41, 5.74) is 12.1. The van der Waals surface area contributed by atoms with Gasteiger partial charge in [-0.2, -0.15) is 0 Å². The highest BCUT2D eigenvalue weighted by molar-refractivity contribution is 6.29. The van der Waals surface area contributed by atoms with Crippen molar-refractivity contribution in [2.24, 2.45) is 5.73 Å². The second-order valence-electron chi connectivity index (χ2n) is 4.51. The maximum atomic E-state index is 12.3. The molecule has 0 saturated heterocycles. The Bertz CT molecular complexity index is 801. The summed E-state index contributed by atoms with van der Waals surface area (Å²) in [6, 6.07) is 4.99. The normalized spacial score (nSPS) is 10.5. The molecule has 0 bridgehead atoms. The average Bonchev–Trinajstić information content (AvgIpc) is 2.46. The fraction of sp³-hybridized carbons (Fsp3) is 0.214. The van der Waals surface area contributed by atoms with E-state index in [0.29, 0.717) is 16.6 Å². The zero-order valence-electron chi connectivity index (χ0n) is 12.1. The summed E-state index contributed by atoms with van der Waals surface area (Å²) in [5, 5.41) is 0. The van der Waals surface area contributed by atoms with Gasteiger partial charge in [-0.15, -0.1) is 4.57 Å². The Kier molecular flexibility index (Phi) is 4.02. The average molecular weight is 303 g/mol. The molecule has 0 aliphatic heterocycles. The van der Waals surface area contributed by atoms with Gasteiger partial charge in [0.25, 0.3) is 5.91 Å². The molecule has 114 valence electrons. The standard InChI is InChI=1S/C14H14N4O4/c1-3-22-14(21)13(20)18-8-6-4-5-7(2)9(8)17-10(11(18)15)12(16)19/h4-6,15H,3H2,1-2H3,(H2,16,19)/p+1. The van der Waals surface area contributed by atoms with E-state index < -0.39 is 17.8 Å². The molecule has 4 N–H and O–H groups in total. The summed E-state index contributed by atoms with van der Waals surface area (Å²) in [7, 11) is 0. The van der Waals surface area contributed by atoms with Crippen molar-refractivity contribution in [2.75, 3.05) is 12.3 Å². The van der Waals surface area contributed by atoms with Crippen LogP contribution in [0.1, 0.15) is 27.8 Å². The lowest BCUT2D eigenvalue weighted by Gasteiger charge is -2.08. The van der Waals surface area contributed by atoms with Crippen LogP contribution in [0.15, 0.2) is 18.2 Å². The molecular formula is C14H15N4O4+. The topological polar surface area (TPSA) is 129 Å². The quantitative estimate of drug-likeness (QED) is 0.446. The zero-order chi connectivity index (χ0) is 16.4. The van der Waals surface area contributed by atoms with E-state index in [1.54, 1.807) is 32.0 Å². The van der Waals surface area contributed by atoms with Gasteiger partial charge in [-0.3, -0.25) is 10.5 Å². The number of primary amides is 1. The number of carbonyl (C=O) groups excluding carboxylic acids is 3. The van der Waals surface area contributed by atoms with E-state index in [-0.39, 0.29) is 18.1 Å². The third kappa shape index (κ3) is 2.46. The second-order valence-corrected chi connectivity index (χ2v) is 4.51. The van der Waals surface area contributed by atoms with E-state index in [1.807, 2.05) is 0 Å². The Morgan fingerprint density at radius 1 is 1.32 bits per heavy atom. The molecule has 0 aliphatic carbocycles. The highest BCUT2D eigenvalue weighted by atomic mass is 16.5. The van der Waals surface area contributed by atoms with Gasteiger partial charge in [-0.1, -0.05) is 12.1 Å². The first-order valence-electron chi connectivity index (χ1n) is 6.50. The van der Waals surface area contributed by atoms with Crippen LogP contribution in [0, 0.1) is 6.92 Å². The molecule has 0 fully saturated rings. The maximum Gasteiger partial charge on any atom is 0.424 e. The summed E-state index contributed by atoms with van der Waals surface area (Å²) in [6.07, 6.45) is 0. The van der Waals surface area contributed by atoms with Gasteiger partial charge >= 0.3 is 17.7 Å². The number of aryl methyl sites for hydroxylation is 1. The summed E-state index contributed by atoms with van der Waals surface area (Å²) < 4.78 is 5.59. The molecule has 0 aliphatic rings. The van der Waals surface area contributed by atoms with Crippen molar-refractivity contribution in [1.29, 1.82) is 0 Å². The summed E-state index contributed by atoms with van der Waals surface area (Å²) in [6.45, 7) is 3.36. The number of benzene rings is 1. The number of nitrogen functional groups attached to an aromatic ring is 1. The van der Waals surface area contributed by atoms with Crippen LogP contribution in [0.4, 0.5) is 5.82 Å². The highest BCUT2D eigenvalue weighted by Gasteiger charge is 2.32. The van der Waals surface area contributed by atoms with E-state index in [0.717, 1.165) is 4.57 Å². The number of ether oxygens (including phenoxy) is 1. The van der Waals surface area contributed by atoms with E-state index in [9.17, 15) is 14.4 Å². The molecule has 22 heavy (non-hydrogen) atoms. The van der Waals surface area contributed by atoms with Crippen molar-refractivity contribution >= 4 is 34.6 Å². The number of hydrogen-bond acceptors (Lipinski definition) is 6. The van der Waals surface area contributed by atoms with Crippen molar-refractivity contribution in [2.45, 2.75) is 13.8 Å². The van der Waals surface area contributed by atoms with E-state index >= 15 is 0 Å². The number of aromatic nitrogens is 2. The van der Waals surface area contributed by atoms with Gasteiger partial charge < -0.3 is 10.5 Å². The lowest BCUT2D eigenvalue weighted by atomic mass is 10.1. The molecule has 0 atom stereocenters. The first-order valence-corrected chi connectivity index (χ1v) is 6.50. The summed E-state index contributed by atoms with van der Waals surface area (Å²) >= 11 is 0. The number of hydrogen-bond donors (Lipinski definition) is 2. The Hall–Kier alpha value is -3.03. The SMILES string of the molecule is CCOC(=O)C(=O)[n+]1c(N)c(C(N)=O)nc2c(C)cccc21. The molecule has 8 nitrogen and oxygen atoms in total. The van der Waals surface area contributed by atoms with Gasteiger partial charge in [0.15, 0.2) is 5.52 Å². The van der Waals surface area contributed by atoms with Crippen LogP contribution in [0.3, 0.4) is 0 Å². The number of esters is 1. The highest BCUT2D eigenvalue weighted by Crippen LogP contribution is 2.16. The summed E-state index contributed by atoms with van der Waals surface area (Å²) in [5.74, 6) is -3.29. The van der Waals surface area contributed by atoms with Crippen LogP contribution in [-0.4, -0.2) is 29.4 Å². The minimum atomic E-state index is -1.08. The molecule has 1 aromatic carbocycles. The smallest absolute Gasteiger partial charge is 0.424 e. The predicted octanol–water partition coefficient (Wildman–Crippen LogP) is -0.285. The monoisotopic (exact) mass is 303 g/mol. The molecular weight excluding hydrogens is 288 g/mol. The van der Waals surface area contributed by atoms with Crippen LogP contribution < -0.4 is 16.0 Å². The minimum Gasteiger partial charge on any atom is -0.457 e. The van der Waals surface area contributed by atoms with Crippen LogP contribution in [-0.2, 0) is 9.53 Å². The van der Waals surface area contributed by atoms with Crippen LogP contribution in [0.2, 0.25) is 0 Å². The third-order valence-corrected chi connectivity index (χ3v) is 3.05. The number of para-hydroxylation sites is 1. The van der Waals surface area contributed by atoms with Crippen LogP contribution in [0.5, 0.6) is 0 Å². The van der Waals surface area contributed by atoms with Crippen molar-refractivity contribution in [3.63, 3.8) is 0 Å². The first kappa shape index (κ1) is 15.4. The molecule has 1 aromatic heterocycles. The van der Waals surface area contributed by atoms with Gasteiger partial charge in [0.05, 0.1) is 6.61 Å². The van der Waals surface area contributed by atoms with E-state index in [4.69, 9.17) is 16.2 Å². The Morgan fingerprint density at radius 3 is 2.59 bits per heavy atom. The molecule has 2 rings (SSSR count). The number of carbonyl (C=O) groups is 3. The number of amides is 1. The molecule has 0 unspecified atom stereocenters. The number of rotatable bonds is 2. The zero-order valence-corrected chi connectivity index (χ0v) is 12.1. The van der Waals surface area contributed by atoms with Gasteiger partial charge in [0.1, 0.15) is 5.52 Å². The fourth-order valence-corrected chi connectivity index (χ4v) is 2.06. The fourth-order valence-electron chi connectivity index (χ4n) is 2.06. The van der Waals surface area contributed by atoms with Crippen molar-refractivity contribution in [1.82, 2.24) is 4.98 Å². The first-order chi connectivity index (χ1) is 10.4. The Balaban J connectivity index is 2.83.